The van der Waals surface area contributed by atoms with Crippen molar-refractivity contribution >= 4 is 11.3 Å². The largest absolute Gasteiger partial charge is 0.493 e. The lowest BCUT2D eigenvalue weighted by Crippen LogP contribution is -2.27. The Balaban J connectivity index is 1.67. The normalized spacial score (nSPS) is 19.5. The molecule has 2 atom stereocenters. The van der Waals surface area contributed by atoms with Gasteiger partial charge in [0.2, 0.25) is 0 Å². The van der Waals surface area contributed by atoms with Crippen molar-refractivity contribution in [3.63, 3.8) is 0 Å². The first kappa shape index (κ1) is 12.7. The van der Waals surface area contributed by atoms with Gasteiger partial charge >= 0.3 is 0 Å². The molecular formula is C16H19NOS. The van der Waals surface area contributed by atoms with E-state index in [0.29, 0.717) is 5.92 Å². The van der Waals surface area contributed by atoms with Crippen molar-refractivity contribution < 1.29 is 4.74 Å². The molecule has 1 aliphatic rings. The minimum Gasteiger partial charge on any atom is -0.493 e. The number of thiophene rings is 1. The monoisotopic (exact) mass is 273 g/mol. The van der Waals surface area contributed by atoms with Crippen LogP contribution in [0.3, 0.4) is 0 Å². The van der Waals surface area contributed by atoms with E-state index in [1.807, 2.05) is 6.07 Å². The number of para-hydroxylation sites is 1. The average Bonchev–Trinajstić information content (AvgIpc) is 2.92. The highest BCUT2D eigenvalue weighted by Gasteiger charge is 2.23. The summed E-state index contributed by atoms with van der Waals surface area (Å²) in [6.07, 6.45) is 3.09. The van der Waals surface area contributed by atoms with E-state index in [1.165, 1.54) is 11.1 Å². The maximum absolute atomic E-state index is 6.32. The minimum atomic E-state index is 0.228. The molecule has 3 heteroatoms. The fourth-order valence-electron chi connectivity index (χ4n) is 2.82. The van der Waals surface area contributed by atoms with Crippen LogP contribution in [0.2, 0.25) is 0 Å². The number of rotatable bonds is 4. The lowest BCUT2D eigenvalue weighted by molar-refractivity contribution is 0.259. The third-order valence-electron chi connectivity index (χ3n) is 3.75. The molecule has 2 unspecified atom stereocenters. The Morgan fingerprint density at radius 3 is 3.05 bits per heavy atom. The van der Waals surface area contributed by atoms with E-state index in [0.717, 1.165) is 31.6 Å². The molecule has 1 aromatic heterocycles. The Morgan fingerprint density at radius 2 is 2.21 bits per heavy atom. The number of fused-ring (bicyclic) bond motifs is 1. The highest BCUT2D eigenvalue weighted by Crippen LogP contribution is 2.36. The summed E-state index contributed by atoms with van der Waals surface area (Å²) in [5.74, 6) is 1.58. The van der Waals surface area contributed by atoms with Crippen LogP contribution in [0.15, 0.2) is 41.1 Å². The number of benzene rings is 1. The number of hydrogen-bond acceptors (Lipinski definition) is 3. The van der Waals surface area contributed by atoms with Crippen molar-refractivity contribution in [1.29, 1.82) is 0 Å². The summed E-state index contributed by atoms with van der Waals surface area (Å²) >= 11 is 1.74. The second kappa shape index (κ2) is 5.76. The fourth-order valence-corrected chi connectivity index (χ4v) is 3.50. The quantitative estimate of drug-likeness (QED) is 0.924. The molecule has 0 aliphatic carbocycles. The predicted molar refractivity (Wildman–Crippen MR) is 79.9 cm³/mol. The van der Waals surface area contributed by atoms with Gasteiger partial charge in [0.1, 0.15) is 5.75 Å². The number of nitrogens with two attached hydrogens (primary N) is 1. The van der Waals surface area contributed by atoms with Gasteiger partial charge in [0.05, 0.1) is 6.61 Å². The fraction of sp³-hybridized carbons (Fsp3) is 0.375. The molecule has 0 radical (unpaired) electrons. The van der Waals surface area contributed by atoms with Gasteiger partial charge < -0.3 is 10.5 Å². The zero-order valence-corrected chi connectivity index (χ0v) is 11.7. The van der Waals surface area contributed by atoms with E-state index in [1.54, 1.807) is 11.3 Å². The van der Waals surface area contributed by atoms with Gasteiger partial charge in [0.15, 0.2) is 0 Å². The summed E-state index contributed by atoms with van der Waals surface area (Å²) < 4.78 is 5.70. The molecular weight excluding hydrogens is 254 g/mol. The SMILES string of the molecule is NC(Cc1ccsc1)CC1CCOc2ccccc21. The molecule has 2 heterocycles. The summed E-state index contributed by atoms with van der Waals surface area (Å²) in [4.78, 5) is 0. The molecule has 1 aliphatic heterocycles. The maximum atomic E-state index is 6.32. The van der Waals surface area contributed by atoms with Gasteiger partial charge in [-0.15, -0.1) is 0 Å². The van der Waals surface area contributed by atoms with Crippen molar-refractivity contribution in [2.24, 2.45) is 5.73 Å². The van der Waals surface area contributed by atoms with Gasteiger partial charge in [0, 0.05) is 6.04 Å². The van der Waals surface area contributed by atoms with Crippen LogP contribution in [-0.2, 0) is 6.42 Å². The number of ether oxygens (including phenoxy) is 1. The molecule has 100 valence electrons. The average molecular weight is 273 g/mol. The Hall–Kier alpha value is -1.32. The Bertz CT molecular complexity index is 523. The van der Waals surface area contributed by atoms with Gasteiger partial charge in [-0.2, -0.15) is 11.3 Å². The molecule has 2 N–H and O–H groups in total. The summed E-state index contributed by atoms with van der Waals surface area (Å²) in [5.41, 5.74) is 9.00. The smallest absolute Gasteiger partial charge is 0.122 e. The standard InChI is InChI=1S/C16H19NOS/c17-14(9-12-6-8-19-11-12)10-13-5-7-18-16-4-2-1-3-15(13)16/h1-4,6,8,11,13-14H,5,7,9-10,17H2. The Morgan fingerprint density at radius 1 is 1.32 bits per heavy atom. The van der Waals surface area contributed by atoms with Crippen molar-refractivity contribution in [3.05, 3.63) is 52.2 Å². The second-order valence-electron chi connectivity index (χ2n) is 5.20. The first-order chi connectivity index (χ1) is 9.33. The highest BCUT2D eigenvalue weighted by molar-refractivity contribution is 7.07. The van der Waals surface area contributed by atoms with Gasteiger partial charge in [-0.1, -0.05) is 18.2 Å². The van der Waals surface area contributed by atoms with Crippen LogP contribution >= 0.6 is 11.3 Å². The van der Waals surface area contributed by atoms with Crippen LogP contribution in [0, 0.1) is 0 Å². The third-order valence-corrected chi connectivity index (χ3v) is 4.48. The summed E-state index contributed by atoms with van der Waals surface area (Å²) in [5, 5.41) is 4.31. The van der Waals surface area contributed by atoms with Gasteiger partial charge in [0.25, 0.3) is 0 Å². The van der Waals surface area contributed by atoms with Crippen molar-refractivity contribution in [1.82, 2.24) is 0 Å². The molecule has 3 rings (SSSR count). The third kappa shape index (κ3) is 2.99. The van der Waals surface area contributed by atoms with Crippen LogP contribution in [0.5, 0.6) is 5.75 Å². The van der Waals surface area contributed by atoms with Crippen LogP contribution in [0.25, 0.3) is 0 Å². The first-order valence-corrected chi connectivity index (χ1v) is 7.75. The predicted octanol–water partition coefficient (Wildman–Crippen LogP) is 3.57. The molecule has 0 saturated heterocycles. The molecule has 0 spiro atoms. The van der Waals surface area contributed by atoms with E-state index in [2.05, 4.69) is 35.0 Å². The van der Waals surface area contributed by atoms with Crippen LogP contribution in [0.1, 0.15) is 29.9 Å². The Labute approximate surface area is 118 Å². The lowest BCUT2D eigenvalue weighted by atomic mass is 9.86. The summed E-state index contributed by atoms with van der Waals surface area (Å²) in [6, 6.07) is 10.8. The van der Waals surface area contributed by atoms with E-state index in [9.17, 15) is 0 Å². The maximum Gasteiger partial charge on any atom is 0.122 e. The molecule has 0 bridgehead atoms. The van der Waals surface area contributed by atoms with Gasteiger partial charge in [-0.3, -0.25) is 0 Å². The van der Waals surface area contributed by atoms with E-state index in [4.69, 9.17) is 10.5 Å². The van der Waals surface area contributed by atoms with Gasteiger partial charge in [-0.25, -0.2) is 0 Å². The molecule has 0 fully saturated rings. The van der Waals surface area contributed by atoms with Crippen molar-refractivity contribution in [2.45, 2.75) is 31.2 Å². The molecule has 2 aromatic rings. The topological polar surface area (TPSA) is 35.2 Å². The van der Waals surface area contributed by atoms with Crippen LogP contribution in [-0.4, -0.2) is 12.6 Å². The lowest BCUT2D eigenvalue weighted by Gasteiger charge is -2.27. The van der Waals surface area contributed by atoms with E-state index < -0.39 is 0 Å². The molecule has 0 saturated carbocycles. The first-order valence-electron chi connectivity index (χ1n) is 6.81. The summed E-state index contributed by atoms with van der Waals surface area (Å²) in [6.45, 7) is 0.812. The van der Waals surface area contributed by atoms with Gasteiger partial charge in [-0.05, 0) is 59.2 Å². The van der Waals surface area contributed by atoms with Crippen LogP contribution < -0.4 is 10.5 Å². The van der Waals surface area contributed by atoms with E-state index in [-0.39, 0.29) is 6.04 Å². The molecule has 1 aromatic carbocycles. The van der Waals surface area contributed by atoms with E-state index >= 15 is 0 Å². The molecule has 19 heavy (non-hydrogen) atoms. The zero-order chi connectivity index (χ0) is 13.1. The van der Waals surface area contributed by atoms with Crippen molar-refractivity contribution in [3.8, 4) is 5.75 Å². The van der Waals surface area contributed by atoms with Crippen molar-refractivity contribution in [2.75, 3.05) is 6.61 Å². The minimum absolute atomic E-state index is 0.228. The molecule has 2 nitrogen and oxygen atoms in total. The molecule has 0 amide bonds. The Kier molecular flexibility index (Phi) is 3.85. The second-order valence-corrected chi connectivity index (χ2v) is 5.98. The van der Waals surface area contributed by atoms with Crippen LogP contribution in [0.4, 0.5) is 0 Å². The number of hydrogen-bond donors (Lipinski definition) is 1. The summed E-state index contributed by atoms with van der Waals surface area (Å²) in [7, 11) is 0. The highest BCUT2D eigenvalue weighted by atomic mass is 32.1. The zero-order valence-electron chi connectivity index (χ0n) is 10.9.